The maximum absolute atomic E-state index is 6.21. The van der Waals surface area contributed by atoms with Crippen molar-refractivity contribution in [2.45, 2.75) is 33.0 Å². The van der Waals surface area contributed by atoms with E-state index < -0.39 is 0 Å². The lowest BCUT2D eigenvalue weighted by Crippen LogP contribution is -2.21. The molecular weight excluding hydrogens is 326 g/mol. The fraction of sp³-hybridized carbons (Fsp3) is 0.357. The molecule has 19 heavy (non-hydrogen) atoms. The predicted molar refractivity (Wildman–Crippen MR) is 82.5 cm³/mol. The van der Waals surface area contributed by atoms with E-state index in [2.05, 4.69) is 40.1 Å². The lowest BCUT2D eigenvalue weighted by Gasteiger charge is -2.06. The summed E-state index contributed by atoms with van der Waals surface area (Å²) in [6, 6.07) is 6.40. The average Bonchev–Trinajstić information content (AvgIpc) is 2.78. The first-order valence-corrected chi connectivity index (χ1v) is 7.39. The lowest BCUT2D eigenvalue weighted by atomic mass is 10.2. The zero-order valence-corrected chi connectivity index (χ0v) is 13.4. The van der Waals surface area contributed by atoms with Gasteiger partial charge in [-0.1, -0.05) is 47.4 Å². The van der Waals surface area contributed by atoms with Gasteiger partial charge in [-0.2, -0.15) is 0 Å². The van der Waals surface area contributed by atoms with Crippen LogP contribution < -0.4 is 5.32 Å². The van der Waals surface area contributed by atoms with Crippen LogP contribution in [0.15, 0.2) is 35.2 Å². The molecule has 0 saturated carbocycles. The van der Waals surface area contributed by atoms with E-state index >= 15 is 0 Å². The predicted octanol–water partition coefficient (Wildman–Crippen LogP) is 3.85. The van der Waals surface area contributed by atoms with E-state index in [-0.39, 0.29) is 0 Å². The van der Waals surface area contributed by atoms with Gasteiger partial charge < -0.3 is 9.88 Å². The van der Waals surface area contributed by atoms with Crippen LogP contribution in [0.3, 0.4) is 0 Å². The molecule has 0 aliphatic heterocycles. The van der Waals surface area contributed by atoms with Gasteiger partial charge >= 0.3 is 0 Å². The van der Waals surface area contributed by atoms with Crippen LogP contribution in [-0.4, -0.2) is 15.6 Å². The monoisotopic (exact) mass is 341 g/mol. The average molecular weight is 343 g/mol. The van der Waals surface area contributed by atoms with Crippen molar-refractivity contribution in [1.82, 2.24) is 14.9 Å². The van der Waals surface area contributed by atoms with Crippen LogP contribution in [0.5, 0.6) is 0 Å². The Morgan fingerprint density at radius 3 is 2.89 bits per heavy atom. The minimum absolute atomic E-state index is 0.464. The second kappa shape index (κ2) is 6.55. The largest absolute Gasteiger partial charge is 0.333 e. The van der Waals surface area contributed by atoms with Crippen molar-refractivity contribution in [3.63, 3.8) is 0 Å². The van der Waals surface area contributed by atoms with Crippen molar-refractivity contribution < 1.29 is 0 Å². The number of benzene rings is 1. The minimum Gasteiger partial charge on any atom is -0.333 e. The van der Waals surface area contributed by atoms with E-state index in [9.17, 15) is 0 Å². The van der Waals surface area contributed by atoms with Crippen molar-refractivity contribution in [3.8, 4) is 0 Å². The Morgan fingerprint density at radius 1 is 1.42 bits per heavy atom. The van der Waals surface area contributed by atoms with Crippen molar-refractivity contribution in [2.75, 3.05) is 0 Å². The summed E-state index contributed by atoms with van der Waals surface area (Å²) in [6.45, 7) is 5.77. The molecule has 0 atom stereocenters. The zero-order chi connectivity index (χ0) is 13.8. The van der Waals surface area contributed by atoms with Gasteiger partial charge in [-0.25, -0.2) is 4.98 Å². The molecule has 0 amide bonds. The van der Waals surface area contributed by atoms with E-state index in [1.54, 1.807) is 0 Å². The molecule has 0 radical (unpaired) electrons. The van der Waals surface area contributed by atoms with E-state index in [0.717, 1.165) is 33.8 Å². The smallest absolute Gasteiger partial charge is 0.0953 e. The Bertz CT molecular complexity index is 551. The second-order valence-corrected chi connectivity index (χ2v) is 6.13. The summed E-state index contributed by atoms with van der Waals surface area (Å²) in [5.41, 5.74) is 2.13. The normalized spacial score (nSPS) is 11.2. The number of halogens is 2. The molecule has 1 aromatic heterocycles. The number of hydrogen-bond donors (Lipinski definition) is 1. The molecule has 0 saturated heterocycles. The molecule has 2 rings (SSSR count). The molecule has 5 heteroatoms. The SMILES string of the molecule is CC(C)NCc1cn(Cc2ccc(Br)cc2Cl)cn1. The summed E-state index contributed by atoms with van der Waals surface area (Å²) in [4.78, 5) is 4.38. The summed E-state index contributed by atoms with van der Waals surface area (Å²) < 4.78 is 3.04. The van der Waals surface area contributed by atoms with Crippen LogP contribution in [0.1, 0.15) is 25.1 Å². The number of nitrogens with one attached hydrogen (secondary N) is 1. The van der Waals surface area contributed by atoms with Gasteiger partial charge in [-0.05, 0) is 17.7 Å². The van der Waals surface area contributed by atoms with Gasteiger partial charge in [0.25, 0.3) is 0 Å². The molecule has 102 valence electrons. The number of hydrogen-bond acceptors (Lipinski definition) is 2. The molecule has 0 aliphatic carbocycles. The lowest BCUT2D eigenvalue weighted by molar-refractivity contribution is 0.582. The molecule has 0 spiro atoms. The van der Waals surface area contributed by atoms with E-state index in [0.29, 0.717) is 6.04 Å². The summed E-state index contributed by atoms with van der Waals surface area (Å²) in [7, 11) is 0. The van der Waals surface area contributed by atoms with Crippen LogP contribution >= 0.6 is 27.5 Å². The standard InChI is InChI=1S/C14H17BrClN3/c1-10(2)17-6-13-8-19(9-18-13)7-11-3-4-12(15)5-14(11)16/h3-5,8-10,17H,6-7H2,1-2H3. The van der Waals surface area contributed by atoms with Crippen molar-refractivity contribution >= 4 is 27.5 Å². The van der Waals surface area contributed by atoms with Crippen LogP contribution in [-0.2, 0) is 13.1 Å². The Labute approximate surface area is 127 Å². The molecule has 0 fully saturated rings. The van der Waals surface area contributed by atoms with Gasteiger partial charge in [0.05, 0.1) is 12.0 Å². The third kappa shape index (κ3) is 4.34. The van der Waals surface area contributed by atoms with Crippen molar-refractivity contribution in [2.24, 2.45) is 0 Å². The van der Waals surface area contributed by atoms with Gasteiger partial charge in [-0.15, -0.1) is 0 Å². The van der Waals surface area contributed by atoms with Crippen LogP contribution in [0.2, 0.25) is 5.02 Å². The summed E-state index contributed by atoms with van der Waals surface area (Å²) >= 11 is 9.62. The minimum atomic E-state index is 0.464. The topological polar surface area (TPSA) is 29.9 Å². The second-order valence-electron chi connectivity index (χ2n) is 4.81. The van der Waals surface area contributed by atoms with Crippen LogP contribution in [0.25, 0.3) is 0 Å². The quantitative estimate of drug-likeness (QED) is 0.894. The van der Waals surface area contributed by atoms with Crippen molar-refractivity contribution in [1.29, 1.82) is 0 Å². The first-order valence-electron chi connectivity index (χ1n) is 6.22. The maximum atomic E-state index is 6.21. The highest BCUT2D eigenvalue weighted by Crippen LogP contribution is 2.22. The number of rotatable bonds is 5. The molecule has 2 aromatic rings. The van der Waals surface area contributed by atoms with Gasteiger partial charge in [0.1, 0.15) is 0 Å². The van der Waals surface area contributed by atoms with E-state index in [1.165, 1.54) is 0 Å². The number of aromatic nitrogens is 2. The number of imidazole rings is 1. The molecule has 0 bridgehead atoms. The molecule has 1 N–H and O–H groups in total. The first-order chi connectivity index (χ1) is 9.04. The van der Waals surface area contributed by atoms with Gasteiger partial charge in [0, 0.05) is 34.8 Å². The maximum Gasteiger partial charge on any atom is 0.0953 e. The van der Waals surface area contributed by atoms with Gasteiger partial charge in [-0.3, -0.25) is 0 Å². The van der Waals surface area contributed by atoms with E-state index in [4.69, 9.17) is 11.6 Å². The molecular formula is C14H17BrClN3. The van der Waals surface area contributed by atoms with Gasteiger partial charge in [0.2, 0.25) is 0 Å². The summed E-state index contributed by atoms with van der Waals surface area (Å²) in [5, 5.41) is 4.12. The van der Waals surface area contributed by atoms with Crippen LogP contribution in [0, 0.1) is 0 Å². The highest BCUT2D eigenvalue weighted by atomic mass is 79.9. The molecule has 0 aliphatic rings. The highest BCUT2D eigenvalue weighted by molar-refractivity contribution is 9.10. The molecule has 1 heterocycles. The summed E-state index contributed by atoms with van der Waals surface area (Å²) in [5.74, 6) is 0. The third-order valence-electron chi connectivity index (χ3n) is 2.75. The fourth-order valence-corrected chi connectivity index (χ4v) is 2.47. The third-order valence-corrected chi connectivity index (χ3v) is 3.59. The zero-order valence-electron chi connectivity index (χ0n) is 11.0. The van der Waals surface area contributed by atoms with Crippen LogP contribution in [0.4, 0.5) is 0 Å². The molecule has 3 nitrogen and oxygen atoms in total. The molecule has 1 aromatic carbocycles. The fourth-order valence-electron chi connectivity index (χ4n) is 1.74. The first kappa shape index (κ1) is 14.6. The van der Waals surface area contributed by atoms with Gasteiger partial charge in [0.15, 0.2) is 0 Å². The van der Waals surface area contributed by atoms with Crippen molar-refractivity contribution in [3.05, 3.63) is 51.5 Å². The Morgan fingerprint density at radius 2 is 2.21 bits per heavy atom. The Balaban J connectivity index is 2.03. The summed E-state index contributed by atoms with van der Waals surface area (Å²) in [6.07, 6.45) is 3.89. The van der Waals surface area contributed by atoms with E-state index in [1.807, 2.05) is 35.3 Å². The molecule has 0 unspecified atom stereocenters. The Hall–Kier alpha value is -0.840. The highest BCUT2D eigenvalue weighted by Gasteiger charge is 2.04. The number of nitrogens with zero attached hydrogens (tertiary/aromatic N) is 2. The Kier molecular flexibility index (Phi) is 5.02.